The second-order valence-corrected chi connectivity index (χ2v) is 4.47. The van der Waals surface area contributed by atoms with Crippen LogP contribution in [0.4, 0.5) is 5.00 Å². The molecule has 0 aliphatic carbocycles. The summed E-state index contributed by atoms with van der Waals surface area (Å²) in [6.45, 7) is 0. The van der Waals surface area contributed by atoms with Crippen LogP contribution in [0.1, 0.15) is 10.4 Å². The number of hydrogen-bond donors (Lipinski definition) is 0. The lowest BCUT2D eigenvalue weighted by molar-refractivity contribution is 0.0993. The number of thiophene rings is 1. The SMILES string of the molecule is COc1cccc(C(=O)N(C)c2cccs2)c1. The lowest BCUT2D eigenvalue weighted by atomic mass is 10.2. The molecule has 0 bridgehead atoms. The fraction of sp³-hybridized carbons (Fsp3) is 0.154. The van der Waals surface area contributed by atoms with Gasteiger partial charge in [-0.15, -0.1) is 11.3 Å². The Balaban J connectivity index is 2.24. The van der Waals surface area contributed by atoms with Crippen LogP contribution in [-0.2, 0) is 0 Å². The molecule has 1 heterocycles. The average Bonchev–Trinajstić information content (AvgIpc) is 2.91. The first kappa shape index (κ1) is 11.7. The number of ether oxygens (including phenoxy) is 1. The van der Waals surface area contributed by atoms with Crippen molar-refractivity contribution in [3.63, 3.8) is 0 Å². The van der Waals surface area contributed by atoms with E-state index < -0.39 is 0 Å². The predicted octanol–water partition coefficient (Wildman–Crippen LogP) is 3.03. The number of methoxy groups -OCH3 is 1. The van der Waals surface area contributed by atoms with Crippen molar-refractivity contribution in [1.82, 2.24) is 0 Å². The van der Waals surface area contributed by atoms with Crippen molar-refractivity contribution in [1.29, 1.82) is 0 Å². The van der Waals surface area contributed by atoms with Gasteiger partial charge in [0.2, 0.25) is 0 Å². The molecule has 1 aromatic heterocycles. The lowest BCUT2D eigenvalue weighted by Gasteiger charge is -2.15. The van der Waals surface area contributed by atoms with Crippen molar-refractivity contribution >= 4 is 22.2 Å². The fourth-order valence-corrected chi connectivity index (χ4v) is 2.21. The van der Waals surface area contributed by atoms with Crippen LogP contribution in [0.25, 0.3) is 0 Å². The van der Waals surface area contributed by atoms with Crippen LogP contribution >= 0.6 is 11.3 Å². The normalized spacial score (nSPS) is 10.0. The summed E-state index contributed by atoms with van der Waals surface area (Å²) in [6.07, 6.45) is 0. The summed E-state index contributed by atoms with van der Waals surface area (Å²) in [4.78, 5) is 13.8. The summed E-state index contributed by atoms with van der Waals surface area (Å²) in [7, 11) is 3.36. The van der Waals surface area contributed by atoms with E-state index in [2.05, 4.69) is 0 Å². The van der Waals surface area contributed by atoms with Gasteiger partial charge in [0.15, 0.2) is 0 Å². The third kappa shape index (κ3) is 2.47. The summed E-state index contributed by atoms with van der Waals surface area (Å²) in [5.41, 5.74) is 0.625. The zero-order chi connectivity index (χ0) is 12.3. The topological polar surface area (TPSA) is 29.5 Å². The second kappa shape index (κ2) is 5.01. The second-order valence-electron chi connectivity index (χ2n) is 3.55. The molecule has 1 amide bonds. The maximum absolute atomic E-state index is 12.2. The van der Waals surface area contributed by atoms with E-state index in [1.54, 1.807) is 31.2 Å². The first-order valence-electron chi connectivity index (χ1n) is 5.18. The highest BCUT2D eigenvalue weighted by Gasteiger charge is 2.14. The summed E-state index contributed by atoms with van der Waals surface area (Å²) in [5.74, 6) is 0.654. The summed E-state index contributed by atoms with van der Waals surface area (Å²) >= 11 is 1.54. The van der Waals surface area contributed by atoms with Crippen LogP contribution < -0.4 is 9.64 Å². The minimum Gasteiger partial charge on any atom is -0.497 e. The smallest absolute Gasteiger partial charge is 0.258 e. The van der Waals surface area contributed by atoms with E-state index in [4.69, 9.17) is 4.74 Å². The number of anilines is 1. The van der Waals surface area contributed by atoms with Gasteiger partial charge in [0.1, 0.15) is 5.75 Å². The molecule has 0 atom stereocenters. The van der Waals surface area contributed by atoms with Crippen LogP contribution in [0.5, 0.6) is 5.75 Å². The third-order valence-corrected chi connectivity index (χ3v) is 3.40. The monoisotopic (exact) mass is 247 g/mol. The molecule has 88 valence electrons. The van der Waals surface area contributed by atoms with Gasteiger partial charge in [-0.2, -0.15) is 0 Å². The Morgan fingerprint density at radius 2 is 2.12 bits per heavy atom. The molecule has 0 aliphatic rings. The van der Waals surface area contributed by atoms with Crippen molar-refractivity contribution in [3.8, 4) is 5.75 Å². The summed E-state index contributed by atoms with van der Waals surface area (Å²) in [6, 6.07) is 11.0. The van der Waals surface area contributed by atoms with Crippen molar-refractivity contribution in [2.75, 3.05) is 19.1 Å². The number of carbonyl (C=O) groups is 1. The molecule has 1 aromatic carbocycles. The Kier molecular flexibility index (Phi) is 3.44. The van der Waals surface area contributed by atoms with E-state index in [1.807, 2.05) is 29.6 Å². The number of carbonyl (C=O) groups excluding carboxylic acids is 1. The summed E-state index contributed by atoms with van der Waals surface area (Å²) < 4.78 is 5.11. The molecule has 0 N–H and O–H groups in total. The van der Waals surface area contributed by atoms with Gasteiger partial charge in [-0.1, -0.05) is 6.07 Å². The van der Waals surface area contributed by atoms with Crippen molar-refractivity contribution < 1.29 is 9.53 Å². The minimum absolute atomic E-state index is 0.0358. The van der Waals surface area contributed by atoms with E-state index in [-0.39, 0.29) is 5.91 Å². The van der Waals surface area contributed by atoms with Crippen molar-refractivity contribution in [2.24, 2.45) is 0 Å². The summed E-state index contributed by atoms with van der Waals surface area (Å²) in [5, 5.41) is 2.88. The van der Waals surface area contributed by atoms with Gasteiger partial charge >= 0.3 is 0 Å². The highest BCUT2D eigenvalue weighted by atomic mass is 32.1. The van der Waals surface area contributed by atoms with Crippen LogP contribution in [0, 0.1) is 0 Å². The van der Waals surface area contributed by atoms with Gasteiger partial charge in [0.05, 0.1) is 12.1 Å². The molecule has 0 aliphatic heterocycles. The third-order valence-electron chi connectivity index (χ3n) is 2.46. The Morgan fingerprint density at radius 3 is 2.76 bits per heavy atom. The Morgan fingerprint density at radius 1 is 1.29 bits per heavy atom. The fourth-order valence-electron chi connectivity index (χ4n) is 1.51. The molecule has 2 aromatic rings. The van der Waals surface area contributed by atoms with Crippen LogP contribution in [0.2, 0.25) is 0 Å². The Hall–Kier alpha value is -1.81. The molecule has 0 spiro atoms. The molecular formula is C13H13NO2S. The standard InChI is InChI=1S/C13H13NO2S/c1-14(12-7-4-8-17-12)13(15)10-5-3-6-11(9-10)16-2/h3-9H,1-2H3. The van der Waals surface area contributed by atoms with E-state index in [9.17, 15) is 4.79 Å². The molecule has 4 heteroatoms. The maximum Gasteiger partial charge on any atom is 0.258 e. The number of benzene rings is 1. The lowest BCUT2D eigenvalue weighted by Crippen LogP contribution is -2.25. The molecule has 17 heavy (non-hydrogen) atoms. The molecular weight excluding hydrogens is 234 g/mol. The first-order valence-corrected chi connectivity index (χ1v) is 6.06. The van der Waals surface area contributed by atoms with E-state index in [0.717, 1.165) is 5.00 Å². The molecule has 0 saturated heterocycles. The van der Waals surface area contributed by atoms with Gasteiger partial charge in [-0.3, -0.25) is 4.79 Å². The van der Waals surface area contributed by atoms with Gasteiger partial charge in [-0.05, 0) is 35.7 Å². The van der Waals surface area contributed by atoms with Gasteiger partial charge < -0.3 is 9.64 Å². The molecule has 0 fully saturated rings. The number of amides is 1. The minimum atomic E-state index is -0.0358. The number of hydrogen-bond acceptors (Lipinski definition) is 3. The number of nitrogens with zero attached hydrogens (tertiary/aromatic N) is 1. The molecule has 0 radical (unpaired) electrons. The Labute approximate surface area is 104 Å². The van der Waals surface area contributed by atoms with E-state index in [1.165, 1.54) is 11.3 Å². The largest absolute Gasteiger partial charge is 0.497 e. The van der Waals surface area contributed by atoms with E-state index >= 15 is 0 Å². The zero-order valence-electron chi connectivity index (χ0n) is 9.71. The van der Waals surface area contributed by atoms with Crippen LogP contribution in [-0.4, -0.2) is 20.1 Å². The molecule has 0 saturated carbocycles. The van der Waals surface area contributed by atoms with Gasteiger partial charge in [0, 0.05) is 12.6 Å². The quantitative estimate of drug-likeness (QED) is 0.834. The molecule has 0 unspecified atom stereocenters. The van der Waals surface area contributed by atoms with Crippen LogP contribution in [0.3, 0.4) is 0 Å². The molecule has 3 nitrogen and oxygen atoms in total. The van der Waals surface area contributed by atoms with Crippen molar-refractivity contribution in [3.05, 3.63) is 47.3 Å². The number of rotatable bonds is 3. The van der Waals surface area contributed by atoms with Gasteiger partial charge in [-0.25, -0.2) is 0 Å². The van der Waals surface area contributed by atoms with Crippen molar-refractivity contribution in [2.45, 2.75) is 0 Å². The zero-order valence-corrected chi connectivity index (χ0v) is 10.5. The first-order chi connectivity index (χ1) is 8.22. The maximum atomic E-state index is 12.2. The predicted molar refractivity (Wildman–Crippen MR) is 70.0 cm³/mol. The highest BCUT2D eigenvalue weighted by molar-refractivity contribution is 7.14. The van der Waals surface area contributed by atoms with Crippen LogP contribution in [0.15, 0.2) is 41.8 Å². The average molecular weight is 247 g/mol. The highest BCUT2D eigenvalue weighted by Crippen LogP contribution is 2.22. The Bertz CT molecular complexity index is 508. The molecule has 2 rings (SSSR count). The van der Waals surface area contributed by atoms with Gasteiger partial charge in [0.25, 0.3) is 5.91 Å². The van der Waals surface area contributed by atoms with E-state index in [0.29, 0.717) is 11.3 Å².